The maximum Gasteiger partial charge on any atom is 0.505 e. The van der Waals surface area contributed by atoms with Crippen LogP contribution in [0.4, 0.5) is 0 Å². The Bertz CT molecular complexity index is 305. The van der Waals surface area contributed by atoms with Crippen LogP contribution in [-0.4, -0.2) is 60.8 Å². The molecule has 0 atom stereocenters. The summed E-state index contributed by atoms with van der Waals surface area (Å²) >= 11 is 0. The van der Waals surface area contributed by atoms with Crippen molar-refractivity contribution in [3.05, 3.63) is 0 Å². The van der Waals surface area contributed by atoms with Crippen LogP contribution in [0.15, 0.2) is 0 Å². The van der Waals surface area contributed by atoms with Gasteiger partial charge in [0, 0.05) is 21.3 Å². The lowest BCUT2D eigenvalue weighted by atomic mass is 10.1. The average molecular weight is 499 g/mol. The molecule has 29 heavy (non-hydrogen) atoms. The van der Waals surface area contributed by atoms with Gasteiger partial charge in [-0.3, -0.25) is 0 Å². The van der Waals surface area contributed by atoms with E-state index >= 15 is 0 Å². The van der Waals surface area contributed by atoms with Gasteiger partial charge in [0.1, 0.15) is 0 Å². The summed E-state index contributed by atoms with van der Waals surface area (Å²) in [6, 6.07) is 0.922. The predicted molar refractivity (Wildman–Crippen MR) is 124 cm³/mol. The first-order chi connectivity index (χ1) is 13.6. The molecule has 0 aliphatic carbocycles. The summed E-state index contributed by atoms with van der Waals surface area (Å²) in [6.45, 7) is 11.9. The van der Waals surface area contributed by atoms with Gasteiger partial charge in [-0.1, -0.05) is 59.3 Å². The molecule has 0 amide bonds. The third-order valence-electron chi connectivity index (χ3n) is 6.28. The lowest BCUT2D eigenvalue weighted by Crippen LogP contribution is -3.00. The first-order valence-corrected chi connectivity index (χ1v) is 14.0. The Hall–Kier alpha value is 0.537. The van der Waals surface area contributed by atoms with E-state index in [1.54, 1.807) is 21.3 Å². The van der Waals surface area contributed by atoms with Crippen molar-refractivity contribution in [1.29, 1.82) is 0 Å². The molecule has 0 aliphatic rings. The highest BCUT2D eigenvalue weighted by atomic mass is 79.9. The van der Waals surface area contributed by atoms with E-state index in [0.29, 0.717) is 0 Å². The molecule has 0 unspecified atom stereocenters. The first kappa shape index (κ1) is 31.7. The predicted octanol–water partition coefficient (Wildman–Crippen LogP) is 3.43. The fourth-order valence-corrected chi connectivity index (χ4v) is 6.08. The van der Waals surface area contributed by atoms with E-state index in [4.69, 9.17) is 13.3 Å². The SMILES string of the molecule is CCCCCC[N+](CCCCCC)(CCCCCC)CC[Si](OC)(OC)OC.[Br-]. The van der Waals surface area contributed by atoms with Crippen LogP contribution in [0.5, 0.6) is 0 Å². The maximum atomic E-state index is 5.75. The molecule has 0 fully saturated rings. The minimum absolute atomic E-state index is 0. The van der Waals surface area contributed by atoms with Crippen molar-refractivity contribution in [3.8, 4) is 0 Å². The van der Waals surface area contributed by atoms with Gasteiger partial charge in [-0.25, -0.2) is 0 Å². The third kappa shape index (κ3) is 14.3. The Labute approximate surface area is 194 Å². The zero-order valence-electron chi connectivity index (χ0n) is 20.6. The third-order valence-corrected chi connectivity index (χ3v) is 8.99. The second-order valence-electron chi connectivity index (χ2n) is 8.46. The van der Waals surface area contributed by atoms with Gasteiger partial charge >= 0.3 is 8.80 Å². The quantitative estimate of drug-likeness (QED) is 0.138. The fraction of sp³-hybridized carbons (Fsp3) is 1.00. The van der Waals surface area contributed by atoms with Crippen LogP contribution in [0.3, 0.4) is 0 Å². The molecule has 0 rings (SSSR count). The summed E-state index contributed by atoms with van der Waals surface area (Å²) in [7, 11) is 2.74. The highest BCUT2D eigenvalue weighted by molar-refractivity contribution is 6.60. The van der Waals surface area contributed by atoms with E-state index in [9.17, 15) is 0 Å². The lowest BCUT2D eigenvalue weighted by Gasteiger charge is -2.41. The Morgan fingerprint density at radius 2 is 0.862 bits per heavy atom. The zero-order chi connectivity index (χ0) is 21.1. The van der Waals surface area contributed by atoms with Crippen molar-refractivity contribution < 1.29 is 34.7 Å². The molecule has 0 aliphatic heterocycles. The largest absolute Gasteiger partial charge is 1.00 e. The van der Waals surface area contributed by atoms with Crippen molar-refractivity contribution in [2.75, 3.05) is 47.5 Å². The highest BCUT2D eigenvalue weighted by Crippen LogP contribution is 2.22. The number of rotatable bonds is 21. The molecule has 0 aromatic rings. The van der Waals surface area contributed by atoms with Crippen LogP contribution < -0.4 is 17.0 Å². The Kier molecular flexibility index (Phi) is 22.4. The van der Waals surface area contributed by atoms with Gasteiger partial charge in [-0.05, 0) is 38.5 Å². The zero-order valence-corrected chi connectivity index (χ0v) is 23.2. The molecule has 0 N–H and O–H groups in total. The van der Waals surface area contributed by atoms with Gasteiger partial charge < -0.3 is 34.7 Å². The van der Waals surface area contributed by atoms with E-state index in [1.807, 2.05) is 0 Å². The van der Waals surface area contributed by atoms with Crippen LogP contribution in [0.25, 0.3) is 0 Å². The maximum absolute atomic E-state index is 5.75. The van der Waals surface area contributed by atoms with Gasteiger partial charge in [-0.2, -0.15) is 0 Å². The standard InChI is InChI=1S/C23H52NO3Si.BrH/c1-7-10-13-16-19-24(20-17-14-11-8-2,21-18-15-12-9-3)22-23-28(25-4,26-5)27-6;/h7-23H2,1-6H3;1H/q+1;/p-1. The molecule has 0 aromatic heterocycles. The van der Waals surface area contributed by atoms with Gasteiger partial charge in [0.15, 0.2) is 0 Å². The summed E-state index contributed by atoms with van der Waals surface area (Å²) in [4.78, 5) is 0. The Morgan fingerprint density at radius 3 is 1.14 bits per heavy atom. The summed E-state index contributed by atoms with van der Waals surface area (Å²) in [5.41, 5.74) is 0. The van der Waals surface area contributed by atoms with Crippen molar-refractivity contribution in [2.45, 2.75) is 104 Å². The van der Waals surface area contributed by atoms with Gasteiger partial charge in [0.05, 0.1) is 32.2 Å². The summed E-state index contributed by atoms with van der Waals surface area (Å²) < 4.78 is 18.5. The summed E-state index contributed by atoms with van der Waals surface area (Å²) in [5.74, 6) is 0. The number of unbranched alkanes of at least 4 members (excludes halogenated alkanes) is 9. The molecular formula is C23H52BrNO3Si. The number of hydrogen-bond acceptors (Lipinski definition) is 3. The molecule has 4 nitrogen and oxygen atoms in total. The lowest BCUT2D eigenvalue weighted by molar-refractivity contribution is -0.927. The molecule has 0 saturated carbocycles. The van der Waals surface area contributed by atoms with Crippen LogP contribution in [0, 0.1) is 0 Å². The molecule has 178 valence electrons. The molecular weight excluding hydrogens is 446 g/mol. The van der Waals surface area contributed by atoms with E-state index in [2.05, 4.69) is 20.8 Å². The molecule has 0 saturated heterocycles. The average Bonchev–Trinajstić information content (AvgIpc) is 2.73. The molecule has 0 heterocycles. The minimum atomic E-state index is -2.51. The normalized spacial score (nSPS) is 12.2. The minimum Gasteiger partial charge on any atom is -1.00 e. The van der Waals surface area contributed by atoms with Crippen molar-refractivity contribution >= 4 is 8.80 Å². The molecule has 6 heteroatoms. The van der Waals surface area contributed by atoms with Crippen LogP contribution in [0.1, 0.15) is 97.8 Å². The number of quaternary nitrogens is 1. The van der Waals surface area contributed by atoms with Gasteiger partial charge in [0.2, 0.25) is 0 Å². The van der Waals surface area contributed by atoms with Gasteiger partial charge in [0.25, 0.3) is 0 Å². The number of halogens is 1. The Morgan fingerprint density at radius 1 is 0.517 bits per heavy atom. The summed E-state index contributed by atoms with van der Waals surface area (Å²) in [5, 5.41) is 0. The fourth-order valence-electron chi connectivity index (χ4n) is 4.22. The van der Waals surface area contributed by atoms with Crippen molar-refractivity contribution in [3.63, 3.8) is 0 Å². The second kappa shape index (κ2) is 20.4. The first-order valence-electron chi connectivity index (χ1n) is 12.1. The van der Waals surface area contributed by atoms with E-state index in [-0.39, 0.29) is 17.0 Å². The van der Waals surface area contributed by atoms with Gasteiger partial charge in [-0.15, -0.1) is 0 Å². The highest BCUT2D eigenvalue weighted by Gasteiger charge is 2.41. The molecule has 0 bridgehead atoms. The number of nitrogens with zero attached hydrogens (tertiary/aromatic N) is 1. The molecule has 0 aromatic carbocycles. The molecule has 0 spiro atoms. The van der Waals surface area contributed by atoms with Crippen molar-refractivity contribution in [1.82, 2.24) is 0 Å². The van der Waals surface area contributed by atoms with Crippen molar-refractivity contribution in [2.24, 2.45) is 0 Å². The van der Waals surface area contributed by atoms with E-state index in [0.717, 1.165) is 12.6 Å². The topological polar surface area (TPSA) is 27.7 Å². The number of hydrogen-bond donors (Lipinski definition) is 0. The van der Waals surface area contributed by atoms with E-state index in [1.165, 1.54) is 101 Å². The van der Waals surface area contributed by atoms with E-state index < -0.39 is 8.80 Å². The second-order valence-corrected chi connectivity index (χ2v) is 11.6. The van der Waals surface area contributed by atoms with Crippen LogP contribution >= 0.6 is 0 Å². The molecule has 0 radical (unpaired) electrons. The monoisotopic (exact) mass is 497 g/mol. The summed E-state index contributed by atoms with van der Waals surface area (Å²) in [6.07, 6.45) is 16.1. The van der Waals surface area contributed by atoms with Crippen LogP contribution in [-0.2, 0) is 13.3 Å². The smallest absolute Gasteiger partial charge is 0.505 e. The Balaban J connectivity index is 0. The van der Waals surface area contributed by atoms with Crippen LogP contribution in [0.2, 0.25) is 6.04 Å².